The lowest BCUT2D eigenvalue weighted by Gasteiger charge is -2.06. The highest BCUT2D eigenvalue weighted by Gasteiger charge is 2.27. The van der Waals surface area contributed by atoms with E-state index in [2.05, 4.69) is 15.0 Å². The molecule has 0 fully saturated rings. The Morgan fingerprint density at radius 2 is 2.20 bits per heavy atom. The number of nitrogens with zero attached hydrogens (tertiary/aromatic N) is 3. The summed E-state index contributed by atoms with van der Waals surface area (Å²) in [5.74, 6) is 0.226. The molecule has 0 saturated heterocycles. The Balaban J connectivity index is 2.20. The van der Waals surface area contributed by atoms with E-state index in [0.717, 1.165) is 0 Å². The van der Waals surface area contributed by atoms with Crippen molar-refractivity contribution >= 4 is 11.6 Å². The monoisotopic (exact) mass is 243 g/mol. The molecule has 1 aromatic rings. The summed E-state index contributed by atoms with van der Waals surface area (Å²) in [6.45, 7) is -1.09. The van der Waals surface area contributed by atoms with Gasteiger partial charge in [0.2, 0.25) is 0 Å². The highest BCUT2D eigenvalue weighted by atomic mass is 35.5. The highest BCUT2D eigenvalue weighted by Crippen LogP contribution is 2.14. The van der Waals surface area contributed by atoms with Crippen LogP contribution in [0.15, 0.2) is 6.20 Å². The SMILES string of the molecule is FC(F)(F)COCCn1cc(CCl)nn1. The fourth-order valence-corrected chi connectivity index (χ4v) is 0.977. The molecule has 15 heavy (non-hydrogen) atoms. The third kappa shape index (κ3) is 4.98. The normalized spacial score (nSPS) is 12.0. The van der Waals surface area contributed by atoms with E-state index < -0.39 is 12.8 Å². The number of ether oxygens (including phenoxy) is 1. The van der Waals surface area contributed by atoms with Crippen molar-refractivity contribution in [3.63, 3.8) is 0 Å². The van der Waals surface area contributed by atoms with Crippen molar-refractivity contribution in [2.24, 2.45) is 0 Å². The molecule has 1 rings (SSSR count). The molecule has 86 valence electrons. The van der Waals surface area contributed by atoms with Gasteiger partial charge in [-0.3, -0.25) is 0 Å². The van der Waals surface area contributed by atoms with Crippen molar-refractivity contribution in [1.29, 1.82) is 0 Å². The Bertz CT molecular complexity index is 302. The summed E-state index contributed by atoms with van der Waals surface area (Å²) in [5.41, 5.74) is 0.576. The minimum Gasteiger partial charge on any atom is -0.370 e. The molecule has 0 saturated carbocycles. The zero-order chi connectivity index (χ0) is 11.3. The molecule has 0 atom stereocenters. The van der Waals surface area contributed by atoms with E-state index in [9.17, 15) is 13.2 Å². The van der Waals surface area contributed by atoms with Crippen molar-refractivity contribution in [3.8, 4) is 0 Å². The Morgan fingerprint density at radius 1 is 1.47 bits per heavy atom. The van der Waals surface area contributed by atoms with Crippen LogP contribution in [-0.2, 0) is 17.2 Å². The number of hydrogen-bond acceptors (Lipinski definition) is 3. The third-order valence-corrected chi connectivity index (χ3v) is 1.73. The van der Waals surface area contributed by atoms with Crippen molar-refractivity contribution in [2.75, 3.05) is 13.2 Å². The lowest BCUT2D eigenvalue weighted by Crippen LogP contribution is -2.19. The molecule has 0 N–H and O–H groups in total. The Labute approximate surface area is 89.0 Å². The maximum absolute atomic E-state index is 11.7. The molecule has 0 aromatic carbocycles. The van der Waals surface area contributed by atoms with Gasteiger partial charge in [-0.15, -0.1) is 16.7 Å². The summed E-state index contributed by atoms with van der Waals surface area (Å²) < 4.78 is 40.8. The first kappa shape index (κ1) is 12.3. The first-order chi connectivity index (χ1) is 7.01. The van der Waals surface area contributed by atoms with E-state index in [4.69, 9.17) is 11.6 Å². The average Bonchev–Trinajstić information content (AvgIpc) is 2.59. The van der Waals surface area contributed by atoms with Gasteiger partial charge in [0.15, 0.2) is 0 Å². The molecular formula is C7H9ClF3N3O. The number of hydrogen-bond donors (Lipinski definition) is 0. The summed E-state index contributed by atoms with van der Waals surface area (Å²) in [5, 5.41) is 7.31. The molecule has 0 aliphatic rings. The second kappa shape index (κ2) is 5.32. The molecular weight excluding hydrogens is 235 g/mol. The summed E-state index contributed by atoms with van der Waals surface area (Å²) in [6.07, 6.45) is -2.73. The van der Waals surface area contributed by atoms with Gasteiger partial charge in [0.05, 0.1) is 24.7 Å². The van der Waals surface area contributed by atoms with Crippen LogP contribution in [0.5, 0.6) is 0 Å². The van der Waals surface area contributed by atoms with Crippen LogP contribution in [0.25, 0.3) is 0 Å². The van der Waals surface area contributed by atoms with Gasteiger partial charge >= 0.3 is 6.18 Å². The van der Waals surface area contributed by atoms with Crippen LogP contribution in [0.4, 0.5) is 13.2 Å². The minimum absolute atomic E-state index is 0.0649. The summed E-state index contributed by atoms with van der Waals surface area (Å²) in [4.78, 5) is 0. The van der Waals surface area contributed by atoms with Gasteiger partial charge in [0, 0.05) is 6.20 Å². The Morgan fingerprint density at radius 3 is 2.73 bits per heavy atom. The van der Waals surface area contributed by atoms with Crippen LogP contribution in [0.1, 0.15) is 5.69 Å². The topological polar surface area (TPSA) is 39.9 Å². The van der Waals surface area contributed by atoms with Gasteiger partial charge in [-0.05, 0) is 0 Å². The van der Waals surface area contributed by atoms with Crippen LogP contribution < -0.4 is 0 Å². The second-order valence-corrected chi connectivity index (χ2v) is 3.04. The first-order valence-corrected chi connectivity index (χ1v) is 4.64. The number of rotatable bonds is 5. The van der Waals surface area contributed by atoms with Crippen molar-refractivity contribution in [3.05, 3.63) is 11.9 Å². The largest absolute Gasteiger partial charge is 0.411 e. The maximum Gasteiger partial charge on any atom is 0.411 e. The van der Waals surface area contributed by atoms with Crippen molar-refractivity contribution < 1.29 is 17.9 Å². The molecule has 8 heteroatoms. The van der Waals surface area contributed by atoms with E-state index >= 15 is 0 Å². The predicted molar refractivity (Wildman–Crippen MR) is 46.5 cm³/mol. The Kier molecular flexibility index (Phi) is 4.34. The van der Waals surface area contributed by atoms with Gasteiger partial charge in [-0.1, -0.05) is 5.21 Å². The number of halogens is 4. The van der Waals surface area contributed by atoms with Gasteiger partial charge in [0.1, 0.15) is 6.61 Å². The van der Waals surface area contributed by atoms with Gasteiger partial charge in [-0.25, -0.2) is 4.68 Å². The van der Waals surface area contributed by atoms with Gasteiger partial charge in [-0.2, -0.15) is 13.2 Å². The van der Waals surface area contributed by atoms with Gasteiger partial charge in [0.25, 0.3) is 0 Å². The summed E-state index contributed by atoms with van der Waals surface area (Å²) >= 11 is 5.47. The fourth-order valence-electron chi connectivity index (χ4n) is 0.855. The third-order valence-electron chi connectivity index (χ3n) is 1.45. The first-order valence-electron chi connectivity index (χ1n) is 4.11. The fraction of sp³-hybridized carbons (Fsp3) is 0.714. The smallest absolute Gasteiger partial charge is 0.370 e. The van der Waals surface area contributed by atoms with Crippen LogP contribution in [0.3, 0.4) is 0 Å². The molecule has 0 radical (unpaired) electrons. The average molecular weight is 244 g/mol. The highest BCUT2D eigenvalue weighted by molar-refractivity contribution is 6.16. The number of aromatic nitrogens is 3. The molecule has 0 unspecified atom stereocenters. The molecule has 0 amide bonds. The maximum atomic E-state index is 11.7. The summed E-state index contributed by atoms with van der Waals surface area (Å²) in [7, 11) is 0. The second-order valence-electron chi connectivity index (χ2n) is 2.77. The molecule has 0 spiro atoms. The lowest BCUT2D eigenvalue weighted by molar-refractivity contribution is -0.174. The molecule has 4 nitrogen and oxygen atoms in total. The van der Waals surface area contributed by atoms with Crippen LogP contribution in [0.2, 0.25) is 0 Å². The van der Waals surface area contributed by atoms with Crippen LogP contribution >= 0.6 is 11.6 Å². The van der Waals surface area contributed by atoms with Gasteiger partial charge < -0.3 is 4.74 Å². The summed E-state index contributed by atoms with van der Waals surface area (Å²) in [6, 6.07) is 0. The van der Waals surface area contributed by atoms with E-state index in [1.165, 1.54) is 4.68 Å². The van der Waals surface area contributed by atoms with E-state index in [-0.39, 0.29) is 19.0 Å². The zero-order valence-electron chi connectivity index (χ0n) is 7.67. The molecule has 1 heterocycles. The van der Waals surface area contributed by atoms with E-state index in [1.807, 2.05) is 0 Å². The lowest BCUT2D eigenvalue weighted by atomic mass is 10.5. The van der Waals surface area contributed by atoms with Crippen molar-refractivity contribution in [2.45, 2.75) is 18.6 Å². The van der Waals surface area contributed by atoms with Crippen LogP contribution in [0, 0.1) is 0 Å². The zero-order valence-corrected chi connectivity index (χ0v) is 8.42. The Hall–Kier alpha value is -0.820. The quantitative estimate of drug-likeness (QED) is 0.583. The van der Waals surface area contributed by atoms with E-state index in [0.29, 0.717) is 5.69 Å². The van der Waals surface area contributed by atoms with Crippen LogP contribution in [-0.4, -0.2) is 34.4 Å². The van der Waals surface area contributed by atoms with Crippen molar-refractivity contribution in [1.82, 2.24) is 15.0 Å². The molecule has 0 bridgehead atoms. The predicted octanol–water partition coefficient (Wildman–Crippen LogP) is 1.60. The molecule has 0 aliphatic carbocycles. The standard InChI is InChI=1S/C7H9ClF3N3O/c8-3-6-4-14(13-12-6)1-2-15-5-7(9,10)11/h4H,1-3,5H2. The number of alkyl halides is 4. The molecule has 1 aromatic heterocycles. The minimum atomic E-state index is -4.29. The molecule has 0 aliphatic heterocycles. The van der Waals surface area contributed by atoms with E-state index in [1.54, 1.807) is 6.20 Å².